The zero-order valence-corrected chi connectivity index (χ0v) is 13.7. The van der Waals surface area contributed by atoms with Crippen LogP contribution in [0, 0.1) is 11.3 Å². The zero-order valence-electron chi connectivity index (χ0n) is 12.9. The Hall–Kier alpha value is -1.49. The number of likely N-dealkylation sites (N-methyl/N-ethyl adjacent to an activating group) is 1. The number of piperidine rings is 1. The second-order valence-corrected chi connectivity index (χ2v) is 7.02. The van der Waals surface area contributed by atoms with Crippen molar-refractivity contribution in [1.29, 1.82) is 5.26 Å². The highest BCUT2D eigenvalue weighted by molar-refractivity contribution is 7.09. The zero-order chi connectivity index (χ0) is 15.6. The molecular weight excluding hydrogens is 298 g/mol. The second-order valence-electron chi connectivity index (χ2n) is 6.04. The van der Waals surface area contributed by atoms with Gasteiger partial charge in [-0.2, -0.15) is 5.26 Å². The van der Waals surface area contributed by atoms with Crippen molar-refractivity contribution >= 4 is 17.2 Å². The number of nitrogens with zero attached hydrogens (tertiary/aromatic N) is 5. The molecule has 0 saturated carbocycles. The van der Waals surface area contributed by atoms with Crippen LogP contribution < -0.4 is 0 Å². The lowest BCUT2D eigenvalue weighted by atomic mass is 9.83. The smallest absolute Gasteiger partial charge is 0.244 e. The Labute approximate surface area is 134 Å². The Bertz CT molecular complexity index is 559. The van der Waals surface area contributed by atoms with Gasteiger partial charge in [-0.3, -0.25) is 14.6 Å². The lowest BCUT2D eigenvalue weighted by molar-refractivity contribution is -0.153. The number of aromatic nitrogens is 1. The normalized spacial score (nSPS) is 22.9. The number of amides is 1. The summed E-state index contributed by atoms with van der Waals surface area (Å²) >= 11 is 1.68. The quantitative estimate of drug-likeness (QED) is 0.770. The van der Waals surface area contributed by atoms with E-state index in [1.54, 1.807) is 16.2 Å². The largest absolute Gasteiger partial charge is 0.326 e. The van der Waals surface area contributed by atoms with Gasteiger partial charge < -0.3 is 4.90 Å². The lowest BCUT2D eigenvalue weighted by Gasteiger charge is -2.51. The third kappa shape index (κ3) is 2.74. The molecule has 1 amide bonds. The average Bonchev–Trinajstić information content (AvgIpc) is 3.03. The Morgan fingerprint density at radius 3 is 2.77 bits per heavy atom. The van der Waals surface area contributed by atoms with Gasteiger partial charge in [0.25, 0.3) is 0 Å². The van der Waals surface area contributed by atoms with E-state index in [4.69, 9.17) is 5.26 Å². The molecule has 22 heavy (non-hydrogen) atoms. The van der Waals surface area contributed by atoms with Crippen LogP contribution in [0.4, 0.5) is 0 Å². The van der Waals surface area contributed by atoms with Crippen molar-refractivity contribution in [1.82, 2.24) is 19.7 Å². The SMILES string of the molecule is CN1CCN(CC#N)C(=O)C12CCN(Cc1nccs1)CC2. The molecule has 0 N–H and O–H groups in total. The Morgan fingerprint density at radius 2 is 2.14 bits per heavy atom. The number of rotatable bonds is 3. The van der Waals surface area contributed by atoms with Crippen LogP contribution in [-0.2, 0) is 11.3 Å². The average molecular weight is 319 g/mol. The van der Waals surface area contributed by atoms with Crippen molar-refractivity contribution < 1.29 is 4.79 Å². The summed E-state index contributed by atoms with van der Waals surface area (Å²) in [6.45, 7) is 4.38. The minimum Gasteiger partial charge on any atom is -0.326 e. The molecule has 118 valence electrons. The van der Waals surface area contributed by atoms with Crippen LogP contribution in [0.3, 0.4) is 0 Å². The Morgan fingerprint density at radius 1 is 1.36 bits per heavy atom. The van der Waals surface area contributed by atoms with Crippen LogP contribution in [-0.4, -0.2) is 70.9 Å². The predicted octanol–water partition coefficient (Wildman–Crippen LogP) is 0.775. The highest BCUT2D eigenvalue weighted by Crippen LogP contribution is 2.33. The lowest BCUT2D eigenvalue weighted by Crippen LogP contribution is -2.67. The molecule has 2 aliphatic heterocycles. The first-order valence-electron chi connectivity index (χ1n) is 7.64. The number of carbonyl (C=O) groups excluding carboxylic acids is 1. The van der Waals surface area contributed by atoms with Crippen LogP contribution in [0.1, 0.15) is 17.8 Å². The Balaban J connectivity index is 1.66. The number of nitriles is 1. The maximum absolute atomic E-state index is 12.8. The summed E-state index contributed by atoms with van der Waals surface area (Å²) in [4.78, 5) is 23.5. The van der Waals surface area contributed by atoms with Crippen molar-refractivity contribution in [3.05, 3.63) is 16.6 Å². The minimum absolute atomic E-state index is 0.136. The summed E-state index contributed by atoms with van der Waals surface area (Å²) in [5.74, 6) is 0.136. The van der Waals surface area contributed by atoms with E-state index in [0.717, 1.165) is 44.0 Å². The van der Waals surface area contributed by atoms with E-state index in [0.29, 0.717) is 6.54 Å². The van der Waals surface area contributed by atoms with Crippen molar-refractivity contribution in [2.45, 2.75) is 24.9 Å². The molecule has 2 fully saturated rings. The molecule has 0 bridgehead atoms. The fourth-order valence-electron chi connectivity index (χ4n) is 3.48. The highest BCUT2D eigenvalue weighted by atomic mass is 32.1. The van der Waals surface area contributed by atoms with Crippen LogP contribution in [0.2, 0.25) is 0 Å². The topological polar surface area (TPSA) is 63.5 Å². The van der Waals surface area contributed by atoms with Gasteiger partial charge in [0.15, 0.2) is 0 Å². The Kier molecular flexibility index (Phi) is 4.43. The molecule has 1 spiro atoms. The van der Waals surface area contributed by atoms with Gasteiger partial charge in [0, 0.05) is 37.8 Å². The number of thiazole rings is 1. The summed E-state index contributed by atoms with van der Waals surface area (Å²) in [5, 5.41) is 12.0. The van der Waals surface area contributed by atoms with Gasteiger partial charge in [0.1, 0.15) is 17.1 Å². The minimum atomic E-state index is -0.408. The number of carbonyl (C=O) groups is 1. The highest BCUT2D eigenvalue weighted by Gasteiger charge is 2.49. The molecule has 6 nitrogen and oxygen atoms in total. The van der Waals surface area contributed by atoms with Crippen molar-refractivity contribution in [2.75, 3.05) is 39.8 Å². The second kappa shape index (κ2) is 6.32. The van der Waals surface area contributed by atoms with Crippen LogP contribution in [0.5, 0.6) is 0 Å². The third-order valence-electron chi connectivity index (χ3n) is 4.91. The number of likely N-dealkylation sites (tertiary alicyclic amines) is 1. The molecule has 7 heteroatoms. The van der Waals surface area contributed by atoms with E-state index < -0.39 is 5.54 Å². The van der Waals surface area contributed by atoms with E-state index in [9.17, 15) is 4.79 Å². The van der Waals surface area contributed by atoms with E-state index in [1.807, 2.05) is 18.6 Å². The standard InChI is InChI=1S/C15H21N5OS/c1-18-9-10-20(8-4-16)14(21)15(18)2-6-19(7-3-15)12-13-17-5-11-22-13/h5,11H,2-3,6-10,12H2,1H3. The van der Waals surface area contributed by atoms with Gasteiger partial charge in [-0.25, -0.2) is 4.98 Å². The van der Waals surface area contributed by atoms with E-state index in [1.165, 1.54) is 0 Å². The van der Waals surface area contributed by atoms with Crippen LogP contribution >= 0.6 is 11.3 Å². The summed E-state index contributed by atoms with van der Waals surface area (Å²) in [7, 11) is 2.04. The molecule has 0 atom stereocenters. The van der Waals surface area contributed by atoms with Crippen molar-refractivity contribution in [2.24, 2.45) is 0 Å². The molecule has 0 unspecified atom stereocenters. The van der Waals surface area contributed by atoms with Gasteiger partial charge in [-0.05, 0) is 19.9 Å². The third-order valence-corrected chi connectivity index (χ3v) is 5.67. The van der Waals surface area contributed by atoms with Gasteiger partial charge in [-0.1, -0.05) is 0 Å². The van der Waals surface area contributed by atoms with Gasteiger partial charge in [-0.15, -0.1) is 11.3 Å². The van der Waals surface area contributed by atoms with E-state index in [2.05, 4.69) is 20.9 Å². The first-order chi connectivity index (χ1) is 10.7. The van der Waals surface area contributed by atoms with Gasteiger partial charge in [0.05, 0.1) is 12.6 Å². The molecule has 1 aromatic heterocycles. The molecule has 0 radical (unpaired) electrons. The summed E-state index contributed by atoms with van der Waals surface area (Å²) in [6, 6.07) is 2.11. The summed E-state index contributed by atoms with van der Waals surface area (Å²) < 4.78 is 0. The van der Waals surface area contributed by atoms with Crippen molar-refractivity contribution in [3.63, 3.8) is 0 Å². The molecule has 2 saturated heterocycles. The van der Waals surface area contributed by atoms with Crippen LogP contribution in [0.25, 0.3) is 0 Å². The maximum Gasteiger partial charge on any atom is 0.244 e. The maximum atomic E-state index is 12.8. The molecule has 3 heterocycles. The fraction of sp³-hybridized carbons (Fsp3) is 0.667. The number of hydrogen-bond donors (Lipinski definition) is 0. The van der Waals surface area contributed by atoms with Crippen molar-refractivity contribution in [3.8, 4) is 6.07 Å². The molecular formula is C15H21N5OS. The van der Waals surface area contributed by atoms with Crippen LogP contribution in [0.15, 0.2) is 11.6 Å². The monoisotopic (exact) mass is 319 g/mol. The van der Waals surface area contributed by atoms with E-state index in [-0.39, 0.29) is 12.5 Å². The summed E-state index contributed by atoms with van der Waals surface area (Å²) in [6.07, 6.45) is 3.49. The predicted molar refractivity (Wildman–Crippen MR) is 84.2 cm³/mol. The fourth-order valence-corrected chi connectivity index (χ4v) is 4.14. The number of hydrogen-bond acceptors (Lipinski definition) is 6. The first kappa shape index (κ1) is 15.4. The number of piperazine rings is 1. The molecule has 0 aliphatic carbocycles. The van der Waals surface area contributed by atoms with E-state index >= 15 is 0 Å². The summed E-state index contributed by atoms with van der Waals surface area (Å²) in [5.41, 5.74) is -0.408. The van der Waals surface area contributed by atoms with Gasteiger partial charge in [0.2, 0.25) is 5.91 Å². The first-order valence-corrected chi connectivity index (χ1v) is 8.52. The van der Waals surface area contributed by atoms with Gasteiger partial charge >= 0.3 is 0 Å². The molecule has 1 aromatic rings. The molecule has 3 rings (SSSR count). The molecule has 2 aliphatic rings. The molecule has 0 aromatic carbocycles.